The summed E-state index contributed by atoms with van der Waals surface area (Å²) in [5.74, 6) is 2.53. The third kappa shape index (κ3) is 2.95. The van der Waals surface area contributed by atoms with Crippen LogP contribution in [0.1, 0.15) is 32.4 Å². The van der Waals surface area contributed by atoms with E-state index in [1.54, 1.807) is 0 Å². The Bertz CT molecular complexity index is 860. The molecule has 9 nitrogen and oxygen atoms in total. The molecule has 1 saturated heterocycles. The number of nitrogens with zero attached hydrogens (tertiary/aromatic N) is 8. The van der Waals surface area contributed by atoms with Gasteiger partial charge in [-0.15, -0.1) is 15.3 Å². The highest BCUT2D eigenvalue weighted by atomic mass is 16.5. The second-order valence-corrected chi connectivity index (χ2v) is 7.56. The summed E-state index contributed by atoms with van der Waals surface area (Å²) in [5, 5.41) is 17.1. The van der Waals surface area contributed by atoms with Crippen LogP contribution >= 0.6 is 0 Å². The number of likely N-dealkylation sites (N-methyl/N-ethyl adjacent to an activating group) is 1. The van der Waals surface area contributed by atoms with Gasteiger partial charge in [0.25, 0.3) is 0 Å². The van der Waals surface area contributed by atoms with Gasteiger partial charge in [0.2, 0.25) is 6.39 Å². The maximum absolute atomic E-state index is 4.79. The molecule has 0 radical (unpaired) electrons. The zero-order valence-corrected chi connectivity index (χ0v) is 14.9. The highest BCUT2D eigenvalue weighted by Crippen LogP contribution is 2.24. The van der Waals surface area contributed by atoms with E-state index in [1.165, 1.54) is 6.39 Å². The summed E-state index contributed by atoms with van der Waals surface area (Å²) in [7, 11) is 2.08. The molecule has 0 saturated carbocycles. The van der Waals surface area contributed by atoms with Crippen molar-refractivity contribution in [3.05, 3.63) is 30.2 Å². The summed E-state index contributed by atoms with van der Waals surface area (Å²) in [6.45, 7) is 8.86. The SMILES string of the molecule is CN(Cc1ncon1)C1CN(c2ccc3nnc(C(C)(C)C)n3n2)C1. The van der Waals surface area contributed by atoms with Crippen molar-refractivity contribution in [1.82, 2.24) is 34.9 Å². The molecule has 3 aromatic heterocycles. The first-order valence-corrected chi connectivity index (χ1v) is 8.35. The van der Waals surface area contributed by atoms with Crippen LogP contribution in [-0.2, 0) is 12.0 Å². The van der Waals surface area contributed by atoms with Crippen molar-refractivity contribution >= 4 is 11.5 Å². The van der Waals surface area contributed by atoms with Gasteiger partial charge in [0.1, 0.15) is 5.82 Å². The molecule has 0 aromatic carbocycles. The van der Waals surface area contributed by atoms with Crippen LogP contribution in [0.3, 0.4) is 0 Å². The van der Waals surface area contributed by atoms with Gasteiger partial charge in [-0.25, -0.2) is 0 Å². The lowest BCUT2D eigenvalue weighted by atomic mass is 9.96. The number of rotatable bonds is 4. The Morgan fingerprint density at radius 1 is 1.24 bits per heavy atom. The molecular formula is C16H22N8O. The fourth-order valence-corrected chi connectivity index (χ4v) is 2.95. The summed E-state index contributed by atoms with van der Waals surface area (Å²) in [6.07, 6.45) is 1.36. The van der Waals surface area contributed by atoms with Gasteiger partial charge < -0.3 is 9.42 Å². The van der Waals surface area contributed by atoms with Crippen LogP contribution < -0.4 is 4.90 Å². The highest BCUT2D eigenvalue weighted by Gasteiger charge is 2.32. The molecule has 1 aliphatic rings. The van der Waals surface area contributed by atoms with E-state index < -0.39 is 0 Å². The lowest BCUT2D eigenvalue weighted by Crippen LogP contribution is -2.58. The number of fused-ring (bicyclic) bond motifs is 1. The molecule has 4 heterocycles. The summed E-state index contributed by atoms with van der Waals surface area (Å²) in [5.41, 5.74) is 0.674. The summed E-state index contributed by atoms with van der Waals surface area (Å²) >= 11 is 0. The molecule has 25 heavy (non-hydrogen) atoms. The summed E-state index contributed by atoms with van der Waals surface area (Å²) < 4.78 is 6.64. The van der Waals surface area contributed by atoms with Crippen molar-refractivity contribution in [3.8, 4) is 0 Å². The monoisotopic (exact) mass is 342 g/mol. The maximum Gasteiger partial charge on any atom is 0.213 e. The van der Waals surface area contributed by atoms with Crippen LogP contribution in [0, 0.1) is 0 Å². The van der Waals surface area contributed by atoms with E-state index in [0.29, 0.717) is 18.4 Å². The van der Waals surface area contributed by atoms with E-state index in [0.717, 1.165) is 30.4 Å². The molecule has 0 bridgehead atoms. The molecule has 132 valence electrons. The molecule has 0 spiro atoms. The molecule has 0 aliphatic carbocycles. The summed E-state index contributed by atoms with van der Waals surface area (Å²) in [4.78, 5) is 8.56. The van der Waals surface area contributed by atoms with E-state index in [4.69, 9.17) is 9.62 Å². The van der Waals surface area contributed by atoms with E-state index in [9.17, 15) is 0 Å². The Kier molecular flexibility index (Phi) is 3.68. The molecule has 4 rings (SSSR count). The first-order chi connectivity index (χ1) is 11.9. The molecule has 1 fully saturated rings. The number of anilines is 1. The summed E-state index contributed by atoms with van der Waals surface area (Å²) in [6, 6.07) is 4.42. The fourth-order valence-electron chi connectivity index (χ4n) is 2.95. The minimum Gasteiger partial charge on any atom is -0.352 e. The van der Waals surface area contributed by atoms with E-state index in [1.807, 2.05) is 16.6 Å². The lowest BCUT2D eigenvalue weighted by Gasteiger charge is -2.44. The molecular weight excluding hydrogens is 320 g/mol. The second kappa shape index (κ2) is 5.76. The normalized spacial score (nSPS) is 16.0. The van der Waals surface area contributed by atoms with E-state index >= 15 is 0 Å². The number of hydrogen-bond donors (Lipinski definition) is 0. The van der Waals surface area contributed by atoms with Crippen molar-refractivity contribution in [2.75, 3.05) is 25.0 Å². The minimum atomic E-state index is -0.104. The molecule has 1 aliphatic heterocycles. The van der Waals surface area contributed by atoms with Crippen molar-refractivity contribution < 1.29 is 4.52 Å². The molecule has 0 unspecified atom stereocenters. The number of hydrogen-bond acceptors (Lipinski definition) is 8. The Morgan fingerprint density at radius 3 is 2.72 bits per heavy atom. The van der Waals surface area contributed by atoms with Crippen LogP contribution in [0.15, 0.2) is 23.0 Å². The molecule has 0 N–H and O–H groups in total. The predicted molar refractivity (Wildman–Crippen MR) is 91.2 cm³/mol. The van der Waals surface area contributed by atoms with Crippen LogP contribution in [0.2, 0.25) is 0 Å². The molecule has 9 heteroatoms. The zero-order chi connectivity index (χ0) is 17.6. The average molecular weight is 342 g/mol. The Labute approximate surface area is 145 Å². The van der Waals surface area contributed by atoms with Gasteiger partial charge in [0, 0.05) is 24.5 Å². The van der Waals surface area contributed by atoms with Gasteiger partial charge in [-0.1, -0.05) is 25.9 Å². The smallest absolute Gasteiger partial charge is 0.213 e. The zero-order valence-electron chi connectivity index (χ0n) is 14.9. The quantitative estimate of drug-likeness (QED) is 0.697. The van der Waals surface area contributed by atoms with Crippen molar-refractivity contribution in [2.24, 2.45) is 0 Å². The van der Waals surface area contributed by atoms with Gasteiger partial charge in [-0.3, -0.25) is 4.90 Å². The van der Waals surface area contributed by atoms with Gasteiger partial charge in [0.15, 0.2) is 17.3 Å². The first kappa shape index (κ1) is 15.9. The number of aromatic nitrogens is 6. The average Bonchev–Trinajstić information content (AvgIpc) is 3.13. The van der Waals surface area contributed by atoms with Crippen LogP contribution in [0.5, 0.6) is 0 Å². The standard InChI is InChI=1S/C16H22N8O/c1-16(2,3)15-19-18-13-5-6-14(20-24(13)15)23-7-11(8-23)22(4)9-12-17-10-25-21-12/h5-6,10-11H,7-9H2,1-4H3. The van der Waals surface area contributed by atoms with Crippen LogP contribution in [0.25, 0.3) is 5.65 Å². The molecule has 0 atom stereocenters. The van der Waals surface area contributed by atoms with E-state index in [-0.39, 0.29) is 5.41 Å². The Hall–Kier alpha value is -2.55. The maximum atomic E-state index is 4.79. The Balaban J connectivity index is 1.47. The van der Waals surface area contributed by atoms with Gasteiger partial charge >= 0.3 is 0 Å². The van der Waals surface area contributed by atoms with Gasteiger partial charge in [0.05, 0.1) is 6.54 Å². The highest BCUT2D eigenvalue weighted by molar-refractivity contribution is 5.48. The largest absolute Gasteiger partial charge is 0.352 e. The minimum absolute atomic E-state index is 0.104. The van der Waals surface area contributed by atoms with E-state index in [2.05, 4.69) is 58.0 Å². The van der Waals surface area contributed by atoms with Crippen LogP contribution in [-0.4, -0.2) is 61.0 Å². The second-order valence-electron chi connectivity index (χ2n) is 7.56. The fraction of sp³-hybridized carbons (Fsp3) is 0.562. The predicted octanol–water partition coefficient (Wildman–Crippen LogP) is 1.13. The van der Waals surface area contributed by atoms with Gasteiger partial charge in [-0.2, -0.15) is 9.50 Å². The van der Waals surface area contributed by atoms with Crippen molar-refractivity contribution in [3.63, 3.8) is 0 Å². The Morgan fingerprint density at radius 2 is 2.04 bits per heavy atom. The van der Waals surface area contributed by atoms with Crippen LogP contribution in [0.4, 0.5) is 5.82 Å². The molecule has 3 aromatic rings. The van der Waals surface area contributed by atoms with Gasteiger partial charge in [-0.05, 0) is 19.2 Å². The third-order valence-electron chi connectivity index (χ3n) is 4.53. The third-order valence-corrected chi connectivity index (χ3v) is 4.53. The first-order valence-electron chi connectivity index (χ1n) is 8.35. The topological polar surface area (TPSA) is 88.5 Å². The molecule has 0 amide bonds. The lowest BCUT2D eigenvalue weighted by molar-refractivity contribution is 0.190. The van der Waals surface area contributed by atoms with Crippen molar-refractivity contribution in [1.29, 1.82) is 0 Å². The van der Waals surface area contributed by atoms with Crippen molar-refractivity contribution in [2.45, 2.75) is 38.8 Å².